The van der Waals surface area contributed by atoms with E-state index in [0.717, 1.165) is 28.6 Å². The molecule has 2 aromatic rings. The Hall–Kier alpha value is -2.61. The summed E-state index contributed by atoms with van der Waals surface area (Å²) in [6, 6.07) is 7.00. The number of amides is 1. The lowest BCUT2D eigenvalue weighted by Gasteiger charge is -2.11. The zero-order valence-electron chi connectivity index (χ0n) is 14.2. The van der Waals surface area contributed by atoms with Gasteiger partial charge in [-0.2, -0.15) is 0 Å². The van der Waals surface area contributed by atoms with Crippen LogP contribution in [0.4, 0.5) is 5.69 Å². The molecule has 8 heteroatoms. The first-order chi connectivity index (χ1) is 11.9. The molecular formula is C17H19N3O4S. The lowest BCUT2D eigenvalue weighted by Crippen LogP contribution is -2.17. The van der Waals surface area contributed by atoms with Crippen LogP contribution in [0.2, 0.25) is 0 Å². The summed E-state index contributed by atoms with van der Waals surface area (Å²) in [5, 5.41) is 3.15. The number of aryl methyl sites for hydroxylation is 2. The Morgan fingerprint density at radius 2 is 1.96 bits per heavy atom. The van der Waals surface area contributed by atoms with E-state index in [0.29, 0.717) is 5.69 Å². The van der Waals surface area contributed by atoms with Gasteiger partial charge >= 0.3 is 5.97 Å². The smallest absolute Gasteiger partial charge is 0.311 e. The van der Waals surface area contributed by atoms with Gasteiger partial charge in [-0.3, -0.25) is 14.4 Å². The number of aromatic amines is 1. The summed E-state index contributed by atoms with van der Waals surface area (Å²) >= 11 is 1.09. The second-order valence-electron chi connectivity index (χ2n) is 5.40. The van der Waals surface area contributed by atoms with Gasteiger partial charge in [0.2, 0.25) is 5.91 Å². The number of aromatic nitrogens is 2. The number of anilines is 1. The Bertz CT molecular complexity index is 828. The van der Waals surface area contributed by atoms with Crippen LogP contribution in [0, 0.1) is 13.8 Å². The zero-order chi connectivity index (χ0) is 18.4. The highest BCUT2D eigenvalue weighted by molar-refractivity contribution is 7.99. The number of hydrogen-bond donors (Lipinski definition) is 2. The highest BCUT2D eigenvalue weighted by Crippen LogP contribution is 2.20. The Balaban J connectivity index is 2.02. The largest absolute Gasteiger partial charge is 0.469 e. The van der Waals surface area contributed by atoms with Crippen molar-refractivity contribution in [1.82, 2.24) is 9.97 Å². The normalized spacial score (nSPS) is 10.4. The number of ether oxygens (including phenoxy) is 1. The second-order valence-corrected chi connectivity index (χ2v) is 6.36. The van der Waals surface area contributed by atoms with Crippen LogP contribution in [0.15, 0.2) is 34.2 Å². The van der Waals surface area contributed by atoms with Gasteiger partial charge in [0.1, 0.15) is 0 Å². The maximum Gasteiger partial charge on any atom is 0.311 e. The van der Waals surface area contributed by atoms with Gasteiger partial charge in [0.25, 0.3) is 5.56 Å². The topological polar surface area (TPSA) is 101 Å². The number of carbonyl (C=O) groups excluding carboxylic acids is 2. The zero-order valence-corrected chi connectivity index (χ0v) is 15.0. The van der Waals surface area contributed by atoms with Crippen molar-refractivity contribution in [3.05, 3.63) is 51.4 Å². The van der Waals surface area contributed by atoms with E-state index in [4.69, 9.17) is 0 Å². The van der Waals surface area contributed by atoms with Crippen LogP contribution < -0.4 is 10.9 Å². The molecular weight excluding hydrogens is 342 g/mol. The minimum absolute atomic E-state index is 0.0817. The molecule has 0 spiro atoms. The molecule has 0 bridgehead atoms. The summed E-state index contributed by atoms with van der Waals surface area (Å²) in [7, 11) is 1.27. The summed E-state index contributed by atoms with van der Waals surface area (Å²) in [5.74, 6) is -0.608. The van der Waals surface area contributed by atoms with Crippen LogP contribution in [-0.2, 0) is 20.7 Å². The third-order valence-corrected chi connectivity index (χ3v) is 4.28. The standard InChI is InChI=1S/C17H19N3O4S/c1-10-5-4-6-11(2)16(10)19-14(22)9-25-17-18-12(7-13(21)20-17)8-15(23)24-3/h4-7H,8-9H2,1-3H3,(H,19,22)(H,18,20,21). The molecule has 0 saturated heterocycles. The predicted molar refractivity (Wildman–Crippen MR) is 95.8 cm³/mol. The SMILES string of the molecule is COC(=O)Cc1cc(=O)[nH]c(SCC(=O)Nc2c(C)cccc2C)n1. The van der Waals surface area contributed by atoms with Crippen molar-refractivity contribution < 1.29 is 14.3 Å². The number of H-pyrrole nitrogens is 1. The Morgan fingerprint density at radius 1 is 1.28 bits per heavy atom. The molecule has 1 heterocycles. The average Bonchev–Trinajstić information content (AvgIpc) is 2.56. The van der Waals surface area contributed by atoms with E-state index in [9.17, 15) is 14.4 Å². The molecule has 0 radical (unpaired) electrons. The third kappa shape index (κ3) is 5.46. The van der Waals surface area contributed by atoms with E-state index in [-0.39, 0.29) is 28.8 Å². The molecule has 0 saturated carbocycles. The predicted octanol–water partition coefficient (Wildman–Crippen LogP) is 1.83. The maximum absolute atomic E-state index is 12.2. The van der Waals surface area contributed by atoms with Gasteiger partial charge in [-0.1, -0.05) is 30.0 Å². The fourth-order valence-electron chi connectivity index (χ4n) is 2.18. The quantitative estimate of drug-likeness (QED) is 0.462. The van der Waals surface area contributed by atoms with Gasteiger partial charge in [0.05, 0.1) is 25.0 Å². The fraction of sp³-hybridized carbons (Fsp3) is 0.294. The molecule has 1 aromatic carbocycles. The van der Waals surface area contributed by atoms with E-state index in [2.05, 4.69) is 20.0 Å². The van der Waals surface area contributed by atoms with Crippen molar-refractivity contribution in [3.8, 4) is 0 Å². The second kappa shape index (κ2) is 8.48. The van der Waals surface area contributed by atoms with Crippen LogP contribution in [0.5, 0.6) is 0 Å². The van der Waals surface area contributed by atoms with Gasteiger partial charge in [-0.05, 0) is 25.0 Å². The van der Waals surface area contributed by atoms with Crippen molar-refractivity contribution in [2.24, 2.45) is 0 Å². The molecule has 0 aliphatic heterocycles. The first-order valence-corrected chi connectivity index (χ1v) is 8.53. The minimum atomic E-state index is -0.484. The van der Waals surface area contributed by atoms with Crippen LogP contribution in [0.25, 0.3) is 0 Å². The molecule has 1 aromatic heterocycles. The highest BCUT2D eigenvalue weighted by atomic mass is 32.2. The van der Waals surface area contributed by atoms with Crippen molar-refractivity contribution >= 4 is 29.3 Å². The number of para-hydroxylation sites is 1. The fourth-order valence-corrected chi connectivity index (χ4v) is 2.88. The maximum atomic E-state index is 12.2. The van der Waals surface area contributed by atoms with Crippen LogP contribution in [0.1, 0.15) is 16.8 Å². The summed E-state index contributed by atoms with van der Waals surface area (Å²) in [6.07, 6.45) is -0.0947. The number of methoxy groups -OCH3 is 1. The van der Waals surface area contributed by atoms with Crippen molar-refractivity contribution in [1.29, 1.82) is 0 Å². The van der Waals surface area contributed by atoms with E-state index in [1.54, 1.807) is 0 Å². The minimum Gasteiger partial charge on any atom is -0.469 e. The van der Waals surface area contributed by atoms with Gasteiger partial charge in [0.15, 0.2) is 5.16 Å². The summed E-state index contributed by atoms with van der Waals surface area (Å²) < 4.78 is 4.56. The molecule has 0 atom stereocenters. The van der Waals surface area contributed by atoms with E-state index in [1.165, 1.54) is 13.2 Å². The summed E-state index contributed by atoms with van der Waals surface area (Å²) in [4.78, 5) is 41.8. The van der Waals surface area contributed by atoms with E-state index >= 15 is 0 Å². The monoisotopic (exact) mass is 361 g/mol. The molecule has 7 nitrogen and oxygen atoms in total. The number of rotatable bonds is 6. The third-order valence-electron chi connectivity index (χ3n) is 3.41. The molecule has 0 aliphatic carbocycles. The lowest BCUT2D eigenvalue weighted by molar-refractivity contribution is -0.139. The van der Waals surface area contributed by atoms with E-state index in [1.807, 2.05) is 32.0 Å². The van der Waals surface area contributed by atoms with Gasteiger partial charge < -0.3 is 15.0 Å². The van der Waals surface area contributed by atoms with Crippen molar-refractivity contribution in [2.75, 3.05) is 18.2 Å². The first kappa shape index (κ1) is 18.7. The Morgan fingerprint density at radius 3 is 2.60 bits per heavy atom. The lowest BCUT2D eigenvalue weighted by atomic mass is 10.1. The first-order valence-electron chi connectivity index (χ1n) is 7.55. The molecule has 0 aliphatic rings. The van der Waals surface area contributed by atoms with Gasteiger partial charge in [0, 0.05) is 11.8 Å². The average molecular weight is 361 g/mol. The number of carbonyl (C=O) groups is 2. The molecule has 0 unspecified atom stereocenters. The number of esters is 1. The molecule has 2 N–H and O–H groups in total. The van der Waals surface area contributed by atoms with Gasteiger partial charge in [-0.15, -0.1) is 0 Å². The van der Waals surface area contributed by atoms with Crippen LogP contribution in [0.3, 0.4) is 0 Å². The number of thioether (sulfide) groups is 1. The highest BCUT2D eigenvalue weighted by Gasteiger charge is 2.11. The summed E-state index contributed by atoms with van der Waals surface area (Å²) in [6.45, 7) is 3.84. The molecule has 132 valence electrons. The van der Waals surface area contributed by atoms with Gasteiger partial charge in [-0.25, -0.2) is 4.98 Å². The number of benzene rings is 1. The van der Waals surface area contributed by atoms with Crippen molar-refractivity contribution in [3.63, 3.8) is 0 Å². The number of nitrogens with zero attached hydrogens (tertiary/aromatic N) is 1. The molecule has 0 fully saturated rings. The molecule has 2 rings (SSSR count). The van der Waals surface area contributed by atoms with Crippen LogP contribution in [-0.4, -0.2) is 34.7 Å². The molecule has 1 amide bonds. The Labute approximate surface area is 149 Å². The Kier molecular flexibility index (Phi) is 6.35. The summed E-state index contributed by atoms with van der Waals surface area (Å²) in [5.41, 5.74) is 2.66. The molecule has 25 heavy (non-hydrogen) atoms. The van der Waals surface area contributed by atoms with Crippen molar-refractivity contribution in [2.45, 2.75) is 25.4 Å². The van der Waals surface area contributed by atoms with Crippen LogP contribution >= 0.6 is 11.8 Å². The number of nitrogens with one attached hydrogen (secondary N) is 2. The van der Waals surface area contributed by atoms with E-state index < -0.39 is 5.97 Å². The number of hydrogen-bond acceptors (Lipinski definition) is 6.